The molecule has 0 unspecified atom stereocenters. The Morgan fingerprint density at radius 3 is 2.37 bits per heavy atom. The molecule has 0 saturated carbocycles. The van der Waals surface area contributed by atoms with Gasteiger partial charge in [-0.2, -0.15) is 0 Å². The van der Waals surface area contributed by atoms with E-state index >= 15 is 0 Å². The van der Waals surface area contributed by atoms with Crippen molar-refractivity contribution in [1.82, 2.24) is 24.7 Å². The van der Waals surface area contributed by atoms with Crippen molar-refractivity contribution in [2.75, 3.05) is 45.8 Å². The standard InChI is InChI=1S/C14H23N5/c1-2-17-6-8-19(9-7-17)13-10-18(11-13)12-14-15-4-3-5-16-14/h3-5,13H,2,6-12H2,1H3. The zero-order valence-electron chi connectivity index (χ0n) is 11.7. The molecule has 19 heavy (non-hydrogen) atoms. The van der Waals surface area contributed by atoms with E-state index in [0.717, 1.165) is 18.4 Å². The minimum atomic E-state index is 0.753. The predicted molar refractivity (Wildman–Crippen MR) is 74.8 cm³/mol. The van der Waals surface area contributed by atoms with Crippen LogP contribution in [0.15, 0.2) is 18.5 Å². The van der Waals surface area contributed by atoms with Gasteiger partial charge in [0.15, 0.2) is 0 Å². The highest BCUT2D eigenvalue weighted by Gasteiger charge is 2.33. The highest BCUT2D eigenvalue weighted by Crippen LogP contribution is 2.18. The van der Waals surface area contributed by atoms with Gasteiger partial charge in [-0.3, -0.25) is 9.80 Å². The number of hydrogen-bond donors (Lipinski definition) is 0. The summed E-state index contributed by atoms with van der Waals surface area (Å²) < 4.78 is 0. The summed E-state index contributed by atoms with van der Waals surface area (Å²) >= 11 is 0. The molecule has 3 heterocycles. The lowest BCUT2D eigenvalue weighted by molar-refractivity contribution is 0.000980. The van der Waals surface area contributed by atoms with E-state index in [9.17, 15) is 0 Å². The van der Waals surface area contributed by atoms with Crippen LogP contribution in [0.3, 0.4) is 0 Å². The second-order valence-corrected chi connectivity index (χ2v) is 5.48. The van der Waals surface area contributed by atoms with Gasteiger partial charge in [0.2, 0.25) is 0 Å². The smallest absolute Gasteiger partial charge is 0.142 e. The van der Waals surface area contributed by atoms with E-state index in [1.54, 1.807) is 0 Å². The van der Waals surface area contributed by atoms with E-state index in [0.29, 0.717) is 0 Å². The lowest BCUT2D eigenvalue weighted by Crippen LogP contribution is -2.62. The zero-order chi connectivity index (χ0) is 13.1. The fourth-order valence-corrected chi connectivity index (χ4v) is 2.96. The molecule has 2 aliphatic rings. The second kappa shape index (κ2) is 5.94. The van der Waals surface area contributed by atoms with Gasteiger partial charge in [0.05, 0.1) is 6.54 Å². The van der Waals surface area contributed by atoms with Crippen LogP contribution in [0.25, 0.3) is 0 Å². The molecule has 0 aliphatic carbocycles. The van der Waals surface area contributed by atoms with E-state index in [2.05, 4.69) is 31.6 Å². The van der Waals surface area contributed by atoms with Crippen molar-refractivity contribution < 1.29 is 0 Å². The number of likely N-dealkylation sites (tertiary alicyclic amines) is 1. The Hall–Kier alpha value is -1.04. The lowest BCUT2D eigenvalue weighted by Gasteiger charge is -2.48. The minimum Gasteiger partial charge on any atom is -0.301 e. The molecule has 0 bridgehead atoms. The first-order valence-electron chi connectivity index (χ1n) is 7.30. The largest absolute Gasteiger partial charge is 0.301 e. The molecular weight excluding hydrogens is 238 g/mol. The van der Waals surface area contributed by atoms with Crippen molar-refractivity contribution in [3.63, 3.8) is 0 Å². The number of likely N-dealkylation sites (N-methyl/N-ethyl adjacent to an activating group) is 1. The average molecular weight is 261 g/mol. The topological polar surface area (TPSA) is 35.5 Å². The molecule has 0 radical (unpaired) electrons. The van der Waals surface area contributed by atoms with Crippen LogP contribution in [0, 0.1) is 0 Å². The molecule has 5 nitrogen and oxygen atoms in total. The van der Waals surface area contributed by atoms with Crippen LogP contribution in [0.1, 0.15) is 12.7 Å². The third-order valence-corrected chi connectivity index (χ3v) is 4.29. The lowest BCUT2D eigenvalue weighted by atomic mass is 10.1. The van der Waals surface area contributed by atoms with Gasteiger partial charge in [-0.25, -0.2) is 9.97 Å². The molecule has 0 N–H and O–H groups in total. The number of piperazine rings is 1. The van der Waals surface area contributed by atoms with Crippen molar-refractivity contribution >= 4 is 0 Å². The van der Waals surface area contributed by atoms with Crippen LogP contribution in [0.2, 0.25) is 0 Å². The zero-order valence-corrected chi connectivity index (χ0v) is 11.7. The van der Waals surface area contributed by atoms with Gasteiger partial charge in [0.25, 0.3) is 0 Å². The quantitative estimate of drug-likeness (QED) is 0.779. The molecule has 1 aromatic heterocycles. The Morgan fingerprint density at radius 2 is 1.74 bits per heavy atom. The third-order valence-electron chi connectivity index (χ3n) is 4.29. The molecule has 0 spiro atoms. The van der Waals surface area contributed by atoms with Gasteiger partial charge in [0.1, 0.15) is 5.82 Å². The maximum Gasteiger partial charge on any atom is 0.142 e. The molecule has 2 fully saturated rings. The van der Waals surface area contributed by atoms with Gasteiger partial charge in [-0.1, -0.05) is 6.92 Å². The summed E-state index contributed by atoms with van der Waals surface area (Å²) in [6, 6.07) is 2.62. The molecule has 2 saturated heterocycles. The van der Waals surface area contributed by atoms with E-state index in [4.69, 9.17) is 0 Å². The van der Waals surface area contributed by atoms with Crippen LogP contribution in [0.4, 0.5) is 0 Å². The number of rotatable bonds is 4. The molecule has 0 amide bonds. The number of nitrogens with zero attached hydrogens (tertiary/aromatic N) is 5. The van der Waals surface area contributed by atoms with Crippen molar-refractivity contribution in [3.8, 4) is 0 Å². The molecular formula is C14H23N5. The third kappa shape index (κ3) is 3.11. The van der Waals surface area contributed by atoms with Gasteiger partial charge in [-0.05, 0) is 12.6 Å². The first-order valence-corrected chi connectivity index (χ1v) is 7.30. The summed E-state index contributed by atoms with van der Waals surface area (Å²) in [5.41, 5.74) is 0. The van der Waals surface area contributed by atoms with Crippen LogP contribution < -0.4 is 0 Å². The molecule has 104 valence electrons. The maximum atomic E-state index is 4.29. The van der Waals surface area contributed by atoms with Crippen molar-refractivity contribution in [2.45, 2.75) is 19.5 Å². The minimum absolute atomic E-state index is 0.753. The summed E-state index contributed by atoms with van der Waals surface area (Å²) in [6.45, 7) is 11.6. The molecule has 3 rings (SSSR count). The number of aromatic nitrogens is 2. The average Bonchev–Trinajstić information content (AvgIpc) is 2.44. The van der Waals surface area contributed by atoms with Crippen LogP contribution >= 0.6 is 0 Å². The maximum absolute atomic E-state index is 4.29. The Labute approximate surface area is 115 Å². The summed E-state index contributed by atoms with van der Waals surface area (Å²) in [5, 5.41) is 0. The summed E-state index contributed by atoms with van der Waals surface area (Å²) in [6.07, 6.45) is 3.65. The SMILES string of the molecule is CCN1CCN(C2CN(Cc3ncccn3)C2)CC1. The first-order chi connectivity index (χ1) is 9.35. The summed E-state index contributed by atoms with van der Waals surface area (Å²) in [4.78, 5) is 16.2. The highest BCUT2D eigenvalue weighted by atomic mass is 15.3. The van der Waals surface area contributed by atoms with Gasteiger partial charge in [0, 0.05) is 57.7 Å². The van der Waals surface area contributed by atoms with Gasteiger partial charge >= 0.3 is 0 Å². The van der Waals surface area contributed by atoms with Gasteiger partial charge in [-0.15, -0.1) is 0 Å². The van der Waals surface area contributed by atoms with Crippen LogP contribution in [-0.4, -0.2) is 76.5 Å². The Morgan fingerprint density at radius 1 is 1.05 bits per heavy atom. The van der Waals surface area contributed by atoms with Gasteiger partial charge < -0.3 is 4.90 Å². The van der Waals surface area contributed by atoms with Crippen molar-refractivity contribution in [3.05, 3.63) is 24.3 Å². The van der Waals surface area contributed by atoms with E-state index in [1.165, 1.54) is 45.8 Å². The van der Waals surface area contributed by atoms with Crippen LogP contribution in [0.5, 0.6) is 0 Å². The molecule has 2 aliphatic heterocycles. The van der Waals surface area contributed by atoms with Crippen LogP contribution in [-0.2, 0) is 6.54 Å². The van der Waals surface area contributed by atoms with E-state index in [-0.39, 0.29) is 0 Å². The molecule has 1 aromatic rings. The Bertz CT molecular complexity index is 382. The second-order valence-electron chi connectivity index (χ2n) is 5.48. The number of hydrogen-bond acceptors (Lipinski definition) is 5. The van der Waals surface area contributed by atoms with Crippen molar-refractivity contribution in [1.29, 1.82) is 0 Å². The summed E-state index contributed by atoms with van der Waals surface area (Å²) in [7, 11) is 0. The Balaban J connectivity index is 1.41. The van der Waals surface area contributed by atoms with E-state index in [1.807, 2.05) is 18.5 Å². The fourth-order valence-electron chi connectivity index (χ4n) is 2.96. The first kappa shape index (κ1) is 13.0. The normalized spacial score (nSPS) is 23.4. The monoisotopic (exact) mass is 261 g/mol. The molecule has 5 heteroatoms. The predicted octanol–water partition coefficient (Wildman–Crippen LogP) is 0.298. The molecule has 0 atom stereocenters. The summed E-state index contributed by atoms with van der Waals surface area (Å²) in [5.74, 6) is 0.941. The molecule has 0 aromatic carbocycles. The van der Waals surface area contributed by atoms with E-state index < -0.39 is 0 Å². The Kier molecular flexibility index (Phi) is 4.06. The highest BCUT2D eigenvalue weighted by molar-refractivity contribution is 4.95. The van der Waals surface area contributed by atoms with Crippen molar-refractivity contribution in [2.24, 2.45) is 0 Å². The fraction of sp³-hybridized carbons (Fsp3) is 0.714.